The summed E-state index contributed by atoms with van der Waals surface area (Å²) in [5.41, 5.74) is 3.31. The zero-order valence-electron chi connectivity index (χ0n) is 8.46. The molecule has 1 rings (SSSR count). The van der Waals surface area contributed by atoms with Gasteiger partial charge in [0.25, 0.3) is 0 Å². The Balaban J connectivity index is 3.39. The molecule has 0 N–H and O–H groups in total. The van der Waals surface area contributed by atoms with Crippen LogP contribution in [0.2, 0.25) is 0 Å². The lowest BCUT2D eigenvalue weighted by Gasteiger charge is -2.06. The summed E-state index contributed by atoms with van der Waals surface area (Å²) >= 11 is 0. The molecule has 1 aromatic carbocycles. The molecule has 0 radical (unpaired) electrons. The third kappa shape index (κ3) is 1.75. The average molecular weight is 184 g/mol. The number of nitriles is 2. The van der Waals surface area contributed by atoms with Gasteiger partial charge in [-0.05, 0) is 36.1 Å². The van der Waals surface area contributed by atoms with E-state index in [4.69, 9.17) is 10.5 Å². The van der Waals surface area contributed by atoms with Crippen molar-refractivity contribution in [3.8, 4) is 12.1 Å². The second kappa shape index (κ2) is 4.44. The second-order valence-corrected chi connectivity index (χ2v) is 3.10. The maximum Gasteiger partial charge on any atom is 0.101 e. The highest BCUT2D eigenvalue weighted by Gasteiger charge is 2.06. The first-order chi connectivity index (χ1) is 6.76. The fourth-order valence-electron chi connectivity index (χ4n) is 1.53. The SMILES string of the molecule is CCc1cc(C#N)c(C#N)cc1CC. The van der Waals surface area contributed by atoms with Gasteiger partial charge in [-0.3, -0.25) is 0 Å². The molecule has 0 aliphatic rings. The van der Waals surface area contributed by atoms with Crippen molar-refractivity contribution in [2.45, 2.75) is 26.7 Å². The molecule has 0 aromatic heterocycles. The Kier molecular flexibility index (Phi) is 3.26. The molecule has 0 aliphatic carbocycles. The van der Waals surface area contributed by atoms with E-state index in [2.05, 4.69) is 26.0 Å². The van der Waals surface area contributed by atoms with Crippen molar-refractivity contribution in [1.82, 2.24) is 0 Å². The van der Waals surface area contributed by atoms with Gasteiger partial charge in [0.1, 0.15) is 12.1 Å². The minimum atomic E-state index is 0.488. The van der Waals surface area contributed by atoms with E-state index in [0.717, 1.165) is 12.8 Å². The summed E-state index contributed by atoms with van der Waals surface area (Å²) in [6.07, 6.45) is 1.81. The van der Waals surface area contributed by atoms with Crippen molar-refractivity contribution in [2.24, 2.45) is 0 Å². The molecular formula is C12H12N2. The molecule has 0 atom stereocenters. The van der Waals surface area contributed by atoms with Crippen LogP contribution < -0.4 is 0 Å². The fourth-order valence-corrected chi connectivity index (χ4v) is 1.53. The summed E-state index contributed by atoms with van der Waals surface area (Å²) in [6.45, 7) is 4.11. The van der Waals surface area contributed by atoms with Crippen LogP contribution in [0.1, 0.15) is 36.1 Å². The zero-order valence-corrected chi connectivity index (χ0v) is 8.46. The van der Waals surface area contributed by atoms with Crippen LogP contribution in [0, 0.1) is 22.7 Å². The van der Waals surface area contributed by atoms with Gasteiger partial charge in [-0.1, -0.05) is 13.8 Å². The molecule has 0 aliphatic heterocycles. The first-order valence-corrected chi connectivity index (χ1v) is 4.72. The van der Waals surface area contributed by atoms with Gasteiger partial charge in [0.2, 0.25) is 0 Å². The van der Waals surface area contributed by atoms with Crippen LogP contribution in [0.3, 0.4) is 0 Å². The fraction of sp³-hybridized carbons (Fsp3) is 0.333. The van der Waals surface area contributed by atoms with Crippen LogP contribution >= 0.6 is 0 Å². The maximum absolute atomic E-state index is 8.83. The van der Waals surface area contributed by atoms with Gasteiger partial charge < -0.3 is 0 Å². The molecule has 14 heavy (non-hydrogen) atoms. The molecule has 2 heteroatoms. The Hall–Kier alpha value is -1.80. The Bertz CT molecular complexity index is 378. The van der Waals surface area contributed by atoms with E-state index in [1.165, 1.54) is 11.1 Å². The van der Waals surface area contributed by atoms with Crippen molar-refractivity contribution in [3.63, 3.8) is 0 Å². The van der Waals surface area contributed by atoms with E-state index >= 15 is 0 Å². The molecule has 0 unspecified atom stereocenters. The van der Waals surface area contributed by atoms with Crippen LogP contribution in [0.4, 0.5) is 0 Å². The van der Waals surface area contributed by atoms with Crippen molar-refractivity contribution in [2.75, 3.05) is 0 Å². The van der Waals surface area contributed by atoms with Gasteiger partial charge >= 0.3 is 0 Å². The van der Waals surface area contributed by atoms with Crippen LogP contribution in [0.15, 0.2) is 12.1 Å². The highest BCUT2D eigenvalue weighted by molar-refractivity contribution is 5.50. The molecule has 0 bridgehead atoms. The molecule has 0 saturated heterocycles. The molecule has 0 amide bonds. The van der Waals surface area contributed by atoms with Crippen LogP contribution in [0.25, 0.3) is 0 Å². The van der Waals surface area contributed by atoms with Crippen molar-refractivity contribution in [1.29, 1.82) is 10.5 Å². The van der Waals surface area contributed by atoms with Gasteiger partial charge in [0.05, 0.1) is 11.1 Å². The predicted octanol–water partition coefficient (Wildman–Crippen LogP) is 2.55. The quantitative estimate of drug-likeness (QED) is 0.709. The first kappa shape index (κ1) is 10.3. The molecular weight excluding hydrogens is 172 g/mol. The number of hydrogen-bond donors (Lipinski definition) is 0. The molecule has 1 aromatic rings. The summed E-state index contributed by atoms with van der Waals surface area (Å²) in [5.74, 6) is 0. The highest BCUT2D eigenvalue weighted by atomic mass is 14.3. The Labute approximate surface area is 84.4 Å². The van der Waals surface area contributed by atoms with Crippen molar-refractivity contribution in [3.05, 3.63) is 34.4 Å². The van der Waals surface area contributed by atoms with Crippen molar-refractivity contribution >= 4 is 0 Å². The van der Waals surface area contributed by atoms with Gasteiger partial charge in [0, 0.05) is 0 Å². The number of hydrogen-bond acceptors (Lipinski definition) is 2. The lowest BCUT2D eigenvalue weighted by Crippen LogP contribution is -1.95. The number of benzene rings is 1. The molecule has 70 valence electrons. The van der Waals surface area contributed by atoms with E-state index < -0.39 is 0 Å². The van der Waals surface area contributed by atoms with E-state index in [1.807, 2.05) is 12.1 Å². The third-order valence-electron chi connectivity index (χ3n) is 2.34. The molecule has 0 spiro atoms. The lowest BCUT2D eigenvalue weighted by molar-refractivity contribution is 1.03. The summed E-state index contributed by atoms with van der Waals surface area (Å²) in [6, 6.07) is 7.76. The number of aryl methyl sites for hydroxylation is 2. The number of nitrogens with zero attached hydrogens (tertiary/aromatic N) is 2. The van der Waals surface area contributed by atoms with Crippen LogP contribution in [-0.2, 0) is 12.8 Å². The average Bonchev–Trinajstić information content (AvgIpc) is 2.26. The van der Waals surface area contributed by atoms with Gasteiger partial charge in [-0.15, -0.1) is 0 Å². The predicted molar refractivity (Wildman–Crippen MR) is 54.6 cm³/mol. The maximum atomic E-state index is 8.83. The molecule has 2 nitrogen and oxygen atoms in total. The Morgan fingerprint density at radius 2 is 1.29 bits per heavy atom. The standard InChI is InChI=1S/C12H12N2/c1-3-9-5-11(7-13)12(8-14)6-10(9)4-2/h5-6H,3-4H2,1-2H3. The molecule has 0 heterocycles. The lowest BCUT2D eigenvalue weighted by atomic mass is 9.96. The summed E-state index contributed by atoms with van der Waals surface area (Å²) in [5, 5.41) is 17.7. The van der Waals surface area contributed by atoms with E-state index in [1.54, 1.807) is 0 Å². The Morgan fingerprint density at radius 3 is 1.50 bits per heavy atom. The summed E-state index contributed by atoms with van der Waals surface area (Å²) in [7, 11) is 0. The highest BCUT2D eigenvalue weighted by Crippen LogP contribution is 2.17. The monoisotopic (exact) mass is 184 g/mol. The van der Waals surface area contributed by atoms with E-state index in [0.29, 0.717) is 11.1 Å². The smallest absolute Gasteiger partial charge is 0.101 e. The van der Waals surface area contributed by atoms with Gasteiger partial charge in [-0.25, -0.2) is 0 Å². The molecule has 0 saturated carbocycles. The summed E-state index contributed by atoms with van der Waals surface area (Å²) in [4.78, 5) is 0. The van der Waals surface area contributed by atoms with Crippen molar-refractivity contribution < 1.29 is 0 Å². The zero-order chi connectivity index (χ0) is 10.6. The number of rotatable bonds is 2. The normalized spacial score (nSPS) is 9.14. The third-order valence-corrected chi connectivity index (χ3v) is 2.34. The van der Waals surface area contributed by atoms with Gasteiger partial charge in [-0.2, -0.15) is 10.5 Å². The summed E-state index contributed by atoms with van der Waals surface area (Å²) < 4.78 is 0. The minimum Gasteiger partial charge on any atom is -0.192 e. The van der Waals surface area contributed by atoms with E-state index in [9.17, 15) is 0 Å². The van der Waals surface area contributed by atoms with Crippen LogP contribution in [-0.4, -0.2) is 0 Å². The van der Waals surface area contributed by atoms with E-state index in [-0.39, 0.29) is 0 Å². The van der Waals surface area contributed by atoms with Gasteiger partial charge in [0.15, 0.2) is 0 Å². The molecule has 0 fully saturated rings. The Morgan fingerprint density at radius 1 is 0.929 bits per heavy atom. The topological polar surface area (TPSA) is 47.6 Å². The first-order valence-electron chi connectivity index (χ1n) is 4.72. The van der Waals surface area contributed by atoms with Crippen LogP contribution in [0.5, 0.6) is 0 Å². The largest absolute Gasteiger partial charge is 0.192 e. The second-order valence-electron chi connectivity index (χ2n) is 3.10. The minimum absolute atomic E-state index is 0.488.